The van der Waals surface area contributed by atoms with Gasteiger partial charge in [0.25, 0.3) is 0 Å². The van der Waals surface area contributed by atoms with Crippen molar-refractivity contribution in [2.45, 2.75) is 90.9 Å². The lowest BCUT2D eigenvalue weighted by Crippen LogP contribution is -2.72. The molecule has 4 bridgehead atoms. The Kier molecular flexibility index (Phi) is 10.1. The molecule has 0 N–H and O–H groups in total. The maximum absolute atomic E-state index is 6.61. The molecule has 2 heterocycles. The van der Waals surface area contributed by atoms with Gasteiger partial charge in [0.15, 0.2) is 8.07 Å². The molecule has 1 aliphatic heterocycles. The maximum Gasteiger partial charge on any atom is 0.242 e. The highest BCUT2D eigenvalue weighted by Gasteiger charge is 2.59. The van der Waals surface area contributed by atoms with Gasteiger partial charge in [-0.2, -0.15) is 0 Å². The molecule has 2 atom stereocenters. The predicted octanol–water partition coefficient (Wildman–Crippen LogP) is 12.8. The molecule has 0 radical (unpaired) electrons. The van der Waals surface area contributed by atoms with Gasteiger partial charge in [-0.15, -0.1) is 0 Å². The van der Waals surface area contributed by atoms with E-state index in [1.165, 1.54) is 142 Å². The number of furan rings is 1. The Balaban J connectivity index is 0.801. The molecule has 9 aromatic carbocycles. The summed E-state index contributed by atoms with van der Waals surface area (Å²) in [7, 11) is -2.51. The zero-order valence-corrected chi connectivity index (χ0v) is 44.3. The summed E-state index contributed by atoms with van der Waals surface area (Å²) < 4.78 is 6.61. The van der Waals surface area contributed by atoms with Crippen LogP contribution in [0.1, 0.15) is 83.0 Å². The van der Waals surface area contributed by atoms with Crippen molar-refractivity contribution in [1.82, 2.24) is 0 Å². The first-order valence-corrected chi connectivity index (χ1v) is 29.1. The summed E-state index contributed by atoms with van der Waals surface area (Å²) in [6, 6.07) is 73.5. The summed E-state index contributed by atoms with van der Waals surface area (Å²) in [5.41, 5.74) is 22.9. The molecule has 0 spiro atoms. The summed E-state index contributed by atoms with van der Waals surface area (Å²) in [4.78, 5) is 0. The molecule has 5 aliphatic rings. The second-order valence-electron chi connectivity index (χ2n) is 23.5. The molecule has 1 aromatic heterocycles. The van der Waals surface area contributed by atoms with Crippen LogP contribution in [-0.4, -0.2) is 14.8 Å². The van der Waals surface area contributed by atoms with Gasteiger partial charge in [0.2, 0.25) is 6.71 Å². The third-order valence-electron chi connectivity index (χ3n) is 18.9. The van der Waals surface area contributed by atoms with Gasteiger partial charge in [-0.1, -0.05) is 220 Å². The van der Waals surface area contributed by atoms with Gasteiger partial charge in [0.1, 0.15) is 11.2 Å². The van der Waals surface area contributed by atoms with E-state index in [4.69, 9.17) is 4.42 Å². The van der Waals surface area contributed by atoms with Crippen molar-refractivity contribution < 1.29 is 4.42 Å². The molecule has 1 nitrogen and oxygen atoms in total. The summed E-state index contributed by atoms with van der Waals surface area (Å²) in [5.74, 6) is 1.55. The van der Waals surface area contributed by atoms with Gasteiger partial charge >= 0.3 is 0 Å². The molecule has 4 saturated carbocycles. The summed E-state index contributed by atoms with van der Waals surface area (Å²) in [6.07, 6.45) is 7.93. The lowest BCUT2D eigenvalue weighted by atomic mass is 9.34. The van der Waals surface area contributed by atoms with Crippen LogP contribution in [0.3, 0.4) is 0 Å². The van der Waals surface area contributed by atoms with Crippen molar-refractivity contribution in [1.29, 1.82) is 0 Å². The molecule has 3 heteroatoms. The van der Waals surface area contributed by atoms with Crippen molar-refractivity contribution in [3.8, 4) is 22.3 Å². The lowest BCUT2D eigenvalue weighted by molar-refractivity contribution is -0.0281. The summed E-state index contributed by atoms with van der Waals surface area (Å²) in [5, 5.41) is 8.39. The van der Waals surface area contributed by atoms with Crippen LogP contribution in [-0.2, 0) is 10.8 Å². The molecule has 0 saturated heterocycles. The van der Waals surface area contributed by atoms with Crippen molar-refractivity contribution >= 4 is 73.9 Å². The fraction of sp³-hybridized carbons (Fsp3) is 0.229. The van der Waals surface area contributed by atoms with E-state index in [0.29, 0.717) is 0 Å². The number of benzene rings is 9. The van der Waals surface area contributed by atoms with E-state index in [1.54, 1.807) is 11.1 Å². The van der Waals surface area contributed by atoms with Crippen LogP contribution in [0, 0.1) is 53.4 Å². The van der Waals surface area contributed by atoms with E-state index in [2.05, 4.69) is 230 Å². The molecule has 4 aliphatic carbocycles. The quantitative estimate of drug-likeness (QED) is 0.138. The van der Waals surface area contributed by atoms with E-state index in [-0.39, 0.29) is 17.5 Å². The number of rotatable bonds is 8. The van der Waals surface area contributed by atoms with Crippen LogP contribution in [0.15, 0.2) is 192 Å². The third kappa shape index (κ3) is 6.80. The van der Waals surface area contributed by atoms with Gasteiger partial charge in [0, 0.05) is 10.8 Å². The van der Waals surface area contributed by atoms with E-state index >= 15 is 0 Å². The number of hydrogen-bond acceptors (Lipinski definition) is 1. The molecule has 73 heavy (non-hydrogen) atoms. The Bertz CT molecular complexity index is 3680. The SMILES string of the molecule is Cc1cc(C)c(B(c2ccc3oc4ccc(-c5ccc(C67CC8CC(C6)CC(c6ccc([Si]9(c%10ccccc%10)c%10ccccc%10-c%10ccccc%109)cc6)(C8)C7)cc5)cc4c3c2)c2c(C)cc(C)cc2C)c(C)c1. The average Bonchev–Trinajstić information content (AvgIpc) is 3.91. The molecule has 356 valence electrons. The van der Waals surface area contributed by atoms with Gasteiger partial charge < -0.3 is 4.42 Å². The monoisotopic (exact) mass is 958 g/mol. The Hall–Kier alpha value is -6.94. The van der Waals surface area contributed by atoms with Crippen LogP contribution < -0.4 is 37.1 Å². The van der Waals surface area contributed by atoms with Crippen LogP contribution >= 0.6 is 0 Å². The van der Waals surface area contributed by atoms with Gasteiger partial charge in [0.05, 0.1) is 0 Å². The van der Waals surface area contributed by atoms with Gasteiger partial charge in [-0.3, -0.25) is 0 Å². The first kappa shape index (κ1) is 44.7. The predicted molar refractivity (Wildman–Crippen MR) is 312 cm³/mol. The van der Waals surface area contributed by atoms with Crippen molar-refractivity contribution in [3.05, 3.63) is 233 Å². The van der Waals surface area contributed by atoms with E-state index in [9.17, 15) is 0 Å². The van der Waals surface area contributed by atoms with Gasteiger partial charge in [-0.05, 0) is 175 Å². The number of fused-ring (bicyclic) bond motifs is 6. The first-order chi connectivity index (χ1) is 35.5. The highest BCUT2D eigenvalue weighted by Crippen LogP contribution is 2.66. The van der Waals surface area contributed by atoms with Crippen LogP contribution in [0.2, 0.25) is 0 Å². The summed E-state index contributed by atoms with van der Waals surface area (Å²) in [6.45, 7) is 13.7. The van der Waals surface area contributed by atoms with Crippen molar-refractivity contribution in [2.24, 2.45) is 11.8 Å². The maximum atomic E-state index is 6.61. The Labute approximate surface area is 433 Å². The lowest BCUT2D eigenvalue weighted by Gasteiger charge is -2.63. The Morgan fingerprint density at radius 3 is 1.44 bits per heavy atom. The molecule has 0 amide bonds. The smallest absolute Gasteiger partial charge is 0.242 e. The standard InChI is InChI=1S/C70H63BOSi/c1-44-32-46(3)67(47(4)33-44)71(68-48(5)34-45(2)35-49(68)6)56-27-31-64-62(38-56)61-37-53(22-30-63(61)72-64)52-20-23-54(24-21-52)69-39-50-36-51(40-69)42-70(41-50,43-69)55-25-28-58(29-26-55)73(57-14-8-7-9-15-57)65-18-12-10-16-59(65)60-17-11-13-19-66(60)73/h7-35,37-38,50-51H,36,39-43H2,1-6H3. The number of hydrogen-bond donors (Lipinski definition) is 0. The van der Waals surface area contributed by atoms with E-state index in [1.807, 2.05) is 0 Å². The first-order valence-electron chi connectivity index (χ1n) is 27.1. The van der Waals surface area contributed by atoms with Gasteiger partial charge in [-0.25, -0.2) is 0 Å². The average molecular weight is 959 g/mol. The minimum Gasteiger partial charge on any atom is -0.456 e. The molecular weight excluding hydrogens is 896 g/mol. The largest absolute Gasteiger partial charge is 0.456 e. The van der Waals surface area contributed by atoms with Crippen LogP contribution in [0.25, 0.3) is 44.2 Å². The molecule has 4 fully saturated rings. The normalized spacial score (nSPS) is 21.2. The molecular formula is C70H63BOSi. The van der Waals surface area contributed by atoms with Crippen molar-refractivity contribution in [3.63, 3.8) is 0 Å². The molecule has 15 rings (SSSR count). The Morgan fingerprint density at radius 1 is 0.438 bits per heavy atom. The molecule has 2 unspecified atom stereocenters. The second-order valence-corrected chi connectivity index (χ2v) is 27.2. The van der Waals surface area contributed by atoms with Crippen molar-refractivity contribution in [2.75, 3.05) is 0 Å². The van der Waals surface area contributed by atoms with Crippen LogP contribution in [0.4, 0.5) is 0 Å². The van der Waals surface area contributed by atoms with Crippen LogP contribution in [0.5, 0.6) is 0 Å². The summed E-state index contributed by atoms with van der Waals surface area (Å²) >= 11 is 0. The highest BCUT2D eigenvalue weighted by molar-refractivity contribution is 7.22. The molecule has 10 aromatic rings. The topological polar surface area (TPSA) is 13.1 Å². The fourth-order valence-corrected chi connectivity index (χ4v) is 21.8. The van der Waals surface area contributed by atoms with E-state index in [0.717, 1.165) is 23.0 Å². The highest BCUT2D eigenvalue weighted by atomic mass is 28.3. The third-order valence-corrected chi connectivity index (χ3v) is 23.7. The minimum absolute atomic E-state index is 0.107. The fourth-order valence-electron chi connectivity index (χ4n) is 16.7. The zero-order valence-electron chi connectivity index (χ0n) is 43.3. The zero-order chi connectivity index (χ0) is 49.4. The Morgan fingerprint density at radius 2 is 0.890 bits per heavy atom. The minimum atomic E-state index is -2.51. The van der Waals surface area contributed by atoms with E-state index < -0.39 is 8.07 Å². The second kappa shape index (κ2) is 16.5. The number of aryl methyl sites for hydroxylation is 6.